The fourth-order valence-electron chi connectivity index (χ4n) is 3.33. The normalized spacial score (nSPS) is 14.8. The molecule has 3 aromatic carbocycles. The topological polar surface area (TPSA) is 64.6 Å². The van der Waals surface area contributed by atoms with E-state index in [1.807, 2.05) is 48.5 Å². The fourth-order valence-corrected chi connectivity index (χ4v) is 4.57. The maximum atomic E-state index is 13.0. The Labute approximate surface area is 171 Å². The molecular weight excluding hydrogens is 386 g/mol. The second kappa shape index (κ2) is 8.68. The Kier molecular flexibility index (Phi) is 5.83. The maximum Gasteiger partial charge on any atom is 0.241 e. The number of hydrogen-bond donors (Lipinski definition) is 1. The SMILES string of the molecule is O=S(=O)(NC(Cc1ccccc1)c1ccc2c(c1)OCCCO2)c1ccccc1. The van der Waals surface area contributed by atoms with Crippen LogP contribution in [-0.4, -0.2) is 21.6 Å². The van der Waals surface area contributed by atoms with Crippen LogP contribution in [0.1, 0.15) is 23.6 Å². The molecule has 1 heterocycles. The van der Waals surface area contributed by atoms with Crippen LogP contribution in [-0.2, 0) is 16.4 Å². The van der Waals surface area contributed by atoms with Gasteiger partial charge >= 0.3 is 0 Å². The van der Waals surface area contributed by atoms with Crippen molar-refractivity contribution in [2.24, 2.45) is 0 Å². The minimum absolute atomic E-state index is 0.243. The van der Waals surface area contributed by atoms with Gasteiger partial charge in [-0.1, -0.05) is 54.6 Å². The van der Waals surface area contributed by atoms with E-state index in [9.17, 15) is 8.42 Å². The van der Waals surface area contributed by atoms with E-state index in [1.54, 1.807) is 30.3 Å². The molecule has 0 spiro atoms. The summed E-state index contributed by atoms with van der Waals surface area (Å²) in [7, 11) is -3.68. The smallest absolute Gasteiger partial charge is 0.241 e. The average molecular weight is 410 g/mol. The molecule has 6 heteroatoms. The van der Waals surface area contributed by atoms with Gasteiger partial charge in [-0.25, -0.2) is 13.1 Å². The molecule has 0 radical (unpaired) electrons. The van der Waals surface area contributed by atoms with Crippen LogP contribution in [0.4, 0.5) is 0 Å². The summed E-state index contributed by atoms with van der Waals surface area (Å²) in [5.74, 6) is 1.34. The summed E-state index contributed by atoms with van der Waals surface area (Å²) >= 11 is 0. The molecule has 150 valence electrons. The second-order valence-corrected chi connectivity index (χ2v) is 8.65. The van der Waals surface area contributed by atoms with Crippen molar-refractivity contribution in [2.75, 3.05) is 13.2 Å². The van der Waals surface area contributed by atoms with Crippen LogP contribution in [0.2, 0.25) is 0 Å². The van der Waals surface area contributed by atoms with Crippen LogP contribution in [0.5, 0.6) is 11.5 Å². The number of hydrogen-bond acceptors (Lipinski definition) is 4. The molecule has 29 heavy (non-hydrogen) atoms. The maximum absolute atomic E-state index is 13.0. The van der Waals surface area contributed by atoms with Gasteiger partial charge in [-0.3, -0.25) is 0 Å². The molecule has 0 fully saturated rings. The highest BCUT2D eigenvalue weighted by Gasteiger charge is 2.23. The summed E-state index contributed by atoms with van der Waals surface area (Å²) in [4.78, 5) is 0.243. The van der Waals surface area contributed by atoms with Crippen molar-refractivity contribution in [3.05, 3.63) is 90.0 Å². The van der Waals surface area contributed by atoms with Crippen molar-refractivity contribution >= 4 is 10.0 Å². The standard InChI is InChI=1S/C23H23NO4S/c25-29(26,20-10-5-2-6-11-20)24-21(16-18-8-3-1-4-9-18)19-12-13-22-23(17-19)28-15-7-14-27-22/h1-6,8-13,17,21,24H,7,14-16H2. The Bertz CT molecular complexity index is 1050. The first-order valence-corrected chi connectivity index (χ1v) is 11.1. The molecule has 1 atom stereocenters. The summed E-state index contributed by atoms with van der Waals surface area (Å²) < 4.78 is 40.3. The van der Waals surface area contributed by atoms with Gasteiger partial charge in [0.1, 0.15) is 0 Å². The molecule has 1 unspecified atom stereocenters. The molecule has 4 rings (SSSR count). The molecule has 0 aromatic heterocycles. The number of fused-ring (bicyclic) bond motifs is 1. The molecule has 5 nitrogen and oxygen atoms in total. The van der Waals surface area contributed by atoms with Crippen molar-refractivity contribution in [3.8, 4) is 11.5 Å². The lowest BCUT2D eigenvalue weighted by atomic mass is 9.99. The van der Waals surface area contributed by atoms with E-state index in [-0.39, 0.29) is 4.90 Å². The highest BCUT2D eigenvalue weighted by Crippen LogP contribution is 2.33. The zero-order valence-electron chi connectivity index (χ0n) is 16.0. The van der Waals surface area contributed by atoms with Crippen molar-refractivity contribution in [1.82, 2.24) is 4.72 Å². The minimum atomic E-state index is -3.68. The van der Waals surface area contributed by atoms with Crippen LogP contribution in [0, 0.1) is 0 Å². The lowest BCUT2D eigenvalue weighted by Gasteiger charge is -2.21. The van der Waals surface area contributed by atoms with E-state index in [0.717, 1.165) is 17.5 Å². The highest BCUT2D eigenvalue weighted by molar-refractivity contribution is 7.89. The van der Waals surface area contributed by atoms with Gasteiger partial charge in [0, 0.05) is 6.42 Å². The second-order valence-electron chi connectivity index (χ2n) is 6.93. The predicted octanol–water partition coefficient (Wildman–Crippen LogP) is 4.11. The zero-order chi connectivity index (χ0) is 20.1. The molecule has 0 saturated heterocycles. The summed E-state index contributed by atoms with van der Waals surface area (Å²) in [6, 6.07) is 23.4. The molecule has 0 saturated carbocycles. The van der Waals surface area contributed by atoms with Gasteiger partial charge in [0.2, 0.25) is 10.0 Å². The number of rotatable bonds is 6. The van der Waals surface area contributed by atoms with Gasteiger partial charge < -0.3 is 9.47 Å². The molecule has 1 aliphatic heterocycles. The van der Waals surface area contributed by atoms with Crippen molar-refractivity contribution in [3.63, 3.8) is 0 Å². The van der Waals surface area contributed by atoms with Gasteiger partial charge in [0.25, 0.3) is 0 Å². The predicted molar refractivity (Wildman–Crippen MR) is 112 cm³/mol. The van der Waals surface area contributed by atoms with E-state index >= 15 is 0 Å². The molecule has 1 N–H and O–H groups in total. The zero-order valence-corrected chi connectivity index (χ0v) is 16.8. The number of ether oxygens (including phenoxy) is 2. The fraction of sp³-hybridized carbons (Fsp3) is 0.217. The third-order valence-corrected chi connectivity index (χ3v) is 6.30. The molecule has 1 aliphatic rings. The van der Waals surface area contributed by atoms with Gasteiger partial charge in [-0.05, 0) is 41.8 Å². The van der Waals surface area contributed by atoms with Crippen LogP contribution >= 0.6 is 0 Å². The Morgan fingerprint density at radius 2 is 1.48 bits per heavy atom. The van der Waals surface area contributed by atoms with Crippen LogP contribution < -0.4 is 14.2 Å². The third-order valence-electron chi connectivity index (χ3n) is 4.81. The van der Waals surface area contributed by atoms with Gasteiger partial charge in [0.05, 0.1) is 24.2 Å². The van der Waals surface area contributed by atoms with E-state index in [0.29, 0.717) is 31.1 Å². The van der Waals surface area contributed by atoms with Gasteiger partial charge in [0.15, 0.2) is 11.5 Å². The first-order chi connectivity index (χ1) is 14.1. The Hall–Kier alpha value is -2.83. The monoisotopic (exact) mass is 409 g/mol. The summed E-state index contributed by atoms with van der Waals surface area (Å²) in [6.07, 6.45) is 1.34. The first kappa shape index (κ1) is 19.5. The van der Waals surface area contributed by atoms with E-state index in [1.165, 1.54) is 0 Å². The van der Waals surface area contributed by atoms with Gasteiger partial charge in [-0.15, -0.1) is 0 Å². The number of nitrogens with one attached hydrogen (secondary N) is 1. The van der Waals surface area contributed by atoms with E-state index in [2.05, 4.69) is 4.72 Å². The third kappa shape index (κ3) is 4.78. The Morgan fingerprint density at radius 1 is 0.828 bits per heavy atom. The molecule has 3 aromatic rings. The lowest BCUT2D eigenvalue weighted by Crippen LogP contribution is -2.30. The lowest BCUT2D eigenvalue weighted by molar-refractivity contribution is 0.297. The quantitative estimate of drug-likeness (QED) is 0.665. The molecule has 0 aliphatic carbocycles. The van der Waals surface area contributed by atoms with Crippen LogP contribution in [0.3, 0.4) is 0 Å². The number of benzene rings is 3. The summed E-state index contributed by atoms with van der Waals surface area (Å²) in [5, 5.41) is 0. The molecule has 0 amide bonds. The Balaban J connectivity index is 1.68. The molecule has 0 bridgehead atoms. The molecular formula is C23H23NO4S. The van der Waals surface area contributed by atoms with E-state index in [4.69, 9.17) is 9.47 Å². The highest BCUT2D eigenvalue weighted by atomic mass is 32.2. The average Bonchev–Trinajstić information content (AvgIpc) is 2.99. The Morgan fingerprint density at radius 3 is 2.21 bits per heavy atom. The van der Waals surface area contributed by atoms with Gasteiger partial charge in [-0.2, -0.15) is 0 Å². The minimum Gasteiger partial charge on any atom is -0.490 e. The van der Waals surface area contributed by atoms with Crippen LogP contribution in [0.25, 0.3) is 0 Å². The largest absolute Gasteiger partial charge is 0.490 e. The first-order valence-electron chi connectivity index (χ1n) is 9.63. The summed E-state index contributed by atoms with van der Waals surface area (Å²) in [6.45, 7) is 1.19. The van der Waals surface area contributed by atoms with Crippen molar-refractivity contribution in [1.29, 1.82) is 0 Å². The van der Waals surface area contributed by atoms with Crippen molar-refractivity contribution in [2.45, 2.75) is 23.8 Å². The van der Waals surface area contributed by atoms with Crippen LogP contribution in [0.15, 0.2) is 83.8 Å². The number of sulfonamides is 1. The van der Waals surface area contributed by atoms with Crippen molar-refractivity contribution < 1.29 is 17.9 Å². The van der Waals surface area contributed by atoms with E-state index < -0.39 is 16.1 Å². The summed E-state index contributed by atoms with van der Waals surface area (Å²) in [5.41, 5.74) is 1.87.